The molecule has 0 spiro atoms. The molecule has 18 heavy (non-hydrogen) atoms. The maximum atomic E-state index is 10.7. The van der Waals surface area contributed by atoms with Gasteiger partial charge >= 0.3 is 5.97 Å². The Hall–Kier alpha value is -1.03. The number of ether oxygens (including phenoxy) is 1. The minimum atomic E-state index is -1.49. The third kappa shape index (κ3) is 3.48. The number of rotatable bonds is 5. The molecule has 1 fully saturated rings. The summed E-state index contributed by atoms with van der Waals surface area (Å²) >= 11 is 0. The van der Waals surface area contributed by atoms with Crippen LogP contribution >= 0.6 is 0 Å². The molecule has 0 aromatic heterocycles. The summed E-state index contributed by atoms with van der Waals surface area (Å²) in [5, 5.41) is 37.4. The van der Waals surface area contributed by atoms with Gasteiger partial charge in [-0.15, -0.1) is 0 Å². The average Bonchev–Trinajstić information content (AvgIpc) is 2.38. The van der Waals surface area contributed by atoms with Crippen molar-refractivity contribution in [2.45, 2.75) is 30.5 Å². The van der Waals surface area contributed by atoms with Crippen LogP contribution in [0.2, 0.25) is 0 Å². The Labute approximate surface area is 103 Å². The molecule has 0 bridgehead atoms. The Morgan fingerprint density at radius 2 is 1.83 bits per heavy atom. The van der Waals surface area contributed by atoms with Crippen LogP contribution in [-0.4, -0.2) is 70.1 Å². The molecule has 1 aliphatic heterocycles. The lowest BCUT2D eigenvalue weighted by Gasteiger charge is -2.39. The fourth-order valence-electron chi connectivity index (χ4n) is 1.51. The molecule has 1 unspecified atom stereocenters. The van der Waals surface area contributed by atoms with E-state index in [9.17, 15) is 20.1 Å². The van der Waals surface area contributed by atoms with Crippen LogP contribution in [0.25, 0.3) is 0 Å². The van der Waals surface area contributed by atoms with Crippen molar-refractivity contribution in [2.24, 2.45) is 0 Å². The molecule has 8 nitrogen and oxygen atoms in total. The van der Waals surface area contributed by atoms with Crippen LogP contribution < -0.4 is 0 Å². The van der Waals surface area contributed by atoms with Crippen LogP contribution in [-0.2, 0) is 19.3 Å². The Kier molecular flexibility index (Phi) is 5.66. The SMILES string of the molecule is C=CC(=O)OOCC1O[C@H](CO)[C@@H](O)[C@H](O)[C@H]1O. The first-order valence-corrected chi connectivity index (χ1v) is 5.27. The van der Waals surface area contributed by atoms with Gasteiger partial charge in [0.05, 0.1) is 6.61 Å². The normalized spacial score (nSPS) is 36.1. The number of carbonyl (C=O) groups is 1. The largest absolute Gasteiger partial charge is 0.394 e. The zero-order chi connectivity index (χ0) is 13.7. The number of hydrogen-bond donors (Lipinski definition) is 4. The number of carbonyl (C=O) groups excluding carboxylic acids is 1. The van der Waals surface area contributed by atoms with Crippen molar-refractivity contribution in [3.8, 4) is 0 Å². The molecule has 1 rings (SSSR count). The molecule has 0 saturated carbocycles. The second kappa shape index (κ2) is 6.78. The fourth-order valence-corrected chi connectivity index (χ4v) is 1.51. The van der Waals surface area contributed by atoms with Crippen molar-refractivity contribution in [3.05, 3.63) is 12.7 Å². The van der Waals surface area contributed by atoms with Crippen LogP contribution in [0.3, 0.4) is 0 Å². The van der Waals surface area contributed by atoms with E-state index in [0.29, 0.717) is 0 Å². The van der Waals surface area contributed by atoms with Gasteiger partial charge in [-0.3, -0.25) is 4.89 Å². The van der Waals surface area contributed by atoms with Gasteiger partial charge in [0.15, 0.2) is 0 Å². The maximum absolute atomic E-state index is 10.7. The van der Waals surface area contributed by atoms with E-state index in [1.807, 2.05) is 0 Å². The lowest BCUT2D eigenvalue weighted by Crippen LogP contribution is -2.59. The van der Waals surface area contributed by atoms with Gasteiger partial charge < -0.3 is 25.2 Å². The Morgan fingerprint density at radius 1 is 1.22 bits per heavy atom. The lowest BCUT2D eigenvalue weighted by atomic mass is 9.95. The number of aliphatic hydroxyl groups excluding tert-OH is 4. The van der Waals surface area contributed by atoms with Gasteiger partial charge in [0.2, 0.25) is 0 Å². The van der Waals surface area contributed by atoms with E-state index in [1.54, 1.807) is 0 Å². The molecule has 4 N–H and O–H groups in total. The van der Waals surface area contributed by atoms with Gasteiger partial charge in [0, 0.05) is 6.08 Å². The van der Waals surface area contributed by atoms with E-state index in [2.05, 4.69) is 16.4 Å². The molecule has 1 saturated heterocycles. The monoisotopic (exact) mass is 264 g/mol. The molecular weight excluding hydrogens is 248 g/mol. The second-order valence-corrected chi connectivity index (χ2v) is 3.76. The molecule has 0 aromatic rings. The third-order valence-corrected chi connectivity index (χ3v) is 2.53. The zero-order valence-corrected chi connectivity index (χ0v) is 9.51. The van der Waals surface area contributed by atoms with Gasteiger partial charge in [0.1, 0.15) is 37.1 Å². The van der Waals surface area contributed by atoms with Crippen molar-refractivity contribution in [1.82, 2.24) is 0 Å². The summed E-state index contributed by atoms with van der Waals surface area (Å²) in [6.45, 7) is 2.25. The molecule has 1 aliphatic rings. The molecule has 8 heteroatoms. The molecule has 0 radical (unpaired) electrons. The van der Waals surface area contributed by atoms with E-state index in [1.165, 1.54) is 0 Å². The van der Waals surface area contributed by atoms with Gasteiger partial charge in [-0.1, -0.05) is 6.58 Å². The number of aliphatic hydroxyl groups is 4. The topological polar surface area (TPSA) is 126 Å². The molecule has 1 heterocycles. The minimum absolute atomic E-state index is 0.360. The molecule has 5 atom stereocenters. The fraction of sp³-hybridized carbons (Fsp3) is 0.700. The van der Waals surface area contributed by atoms with Crippen LogP contribution in [0.15, 0.2) is 12.7 Å². The van der Waals surface area contributed by atoms with E-state index >= 15 is 0 Å². The first-order valence-electron chi connectivity index (χ1n) is 5.27. The van der Waals surface area contributed by atoms with E-state index in [4.69, 9.17) is 9.84 Å². The molecule has 104 valence electrons. The molecule has 0 amide bonds. The molecular formula is C10H16O8. The second-order valence-electron chi connectivity index (χ2n) is 3.76. The van der Waals surface area contributed by atoms with Crippen molar-refractivity contribution >= 4 is 5.97 Å². The van der Waals surface area contributed by atoms with Crippen molar-refractivity contribution < 1.29 is 39.7 Å². The first-order chi connectivity index (χ1) is 8.51. The summed E-state index contributed by atoms with van der Waals surface area (Å²) in [6, 6.07) is 0. The summed E-state index contributed by atoms with van der Waals surface area (Å²) in [6.07, 6.45) is -5.53. The summed E-state index contributed by atoms with van der Waals surface area (Å²) in [4.78, 5) is 19.4. The van der Waals surface area contributed by atoms with Gasteiger partial charge in [0.25, 0.3) is 0 Å². The van der Waals surface area contributed by atoms with Gasteiger partial charge in [-0.25, -0.2) is 4.79 Å². The average molecular weight is 264 g/mol. The Balaban J connectivity index is 2.49. The van der Waals surface area contributed by atoms with Crippen LogP contribution in [0.1, 0.15) is 0 Å². The van der Waals surface area contributed by atoms with E-state index in [-0.39, 0.29) is 6.61 Å². The predicted molar refractivity (Wildman–Crippen MR) is 56.0 cm³/mol. The highest BCUT2D eigenvalue weighted by atomic mass is 17.2. The maximum Gasteiger partial charge on any atom is 0.365 e. The molecule has 0 aliphatic carbocycles. The Morgan fingerprint density at radius 3 is 2.39 bits per heavy atom. The van der Waals surface area contributed by atoms with E-state index < -0.39 is 43.1 Å². The third-order valence-electron chi connectivity index (χ3n) is 2.53. The van der Waals surface area contributed by atoms with Crippen molar-refractivity contribution in [3.63, 3.8) is 0 Å². The number of hydrogen-bond acceptors (Lipinski definition) is 8. The quantitative estimate of drug-likeness (QED) is 0.244. The highest BCUT2D eigenvalue weighted by Crippen LogP contribution is 2.21. The minimum Gasteiger partial charge on any atom is -0.394 e. The van der Waals surface area contributed by atoms with Crippen LogP contribution in [0.5, 0.6) is 0 Å². The lowest BCUT2D eigenvalue weighted by molar-refractivity contribution is -0.306. The van der Waals surface area contributed by atoms with Crippen LogP contribution in [0, 0.1) is 0 Å². The summed E-state index contributed by atoms with van der Waals surface area (Å²) in [5.74, 6) is -0.820. The summed E-state index contributed by atoms with van der Waals surface area (Å²) < 4.78 is 5.09. The Bertz CT molecular complexity index is 292. The highest BCUT2D eigenvalue weighted by Gasteiger charge is 2.43. The predicted octanol–water partition coefficient (Wildman–Crippen LogP) is -2.51. The van der Waals surface area contributed by atoms with Crippen LogP contribution in [0.4, 0.5) is 0 Å². The van der Waals surface area contributed by atoms with E-state index in [0.717, 1.165) is 6.08 Å². The zero-order valence-electron chi connectivity index (χ0n) is 9.51. The van der Waals surface area contributed by atoms with Gasteiger partial charge in [-0.05, 0) is 0 Å². The first kappa shape index (κ1) is 15.0. The van der Waals surface area contributed by atoms with Crippen molar-refractivity contribution in [1.29, 1.82) is 0 Å². The summed E-state index contributed by atoms with van der Waals surface area (Å²) in [7, 11) is 0. The summed E-state index contributed by atoms with van der Waals surface area (Å²) in [5.41, 5.74) is 0. The smallest absolute Gasteiger partial charge is 0.365 e. The van der Waals surface area contributed by atoms with Crippen molar-refractivity contribution in [2.75, 3.05) is 13.2 Å². The molecule has 0 aromatic carbocycles. The standard InChI is InChI=1S/C10H16O8/c1-2-7(12)18-16-4-6-9(14)10(15)8(13)5(3-11)17-6/h2,5-6,8-11,13-15H,1,3-4H2/t5-,6?,8-,9+,10+/m1/s1. The highest BCUT2D eigenvalue weighted by molar-refractivity contribution is 5.80. The van der Waals surface area contributed by atoms with Gasteiger partial charge in [-0.2, -0.15) is 4.89 Å².